The molecule has 94 valence electrons. The van der Waals surface area contributed by atoms with Crippen LogP contribution in [0.5, 0.6) is 0 Å². The zero-order chi connectivity index (χ0) is 12.4. The minimum absolute atomic E-state index is 0.444. The van der Waals surface area contributed by atoms with Gasteiger partial charge in [-0.3, -0.25) is 0 Å². The number of hydrogen-bond donors (Lipinski definition) is 0. The molecule has 0 N–H and O–H groups in total. The minimum Gasteiger partial charge on any atom is -0.373 e. The lowest BCUT2D eigenvalue weighted by Gasteiger charge is -2.15. The van der Waals surface area contributed by atoms with E-state index in [4.69, 9.17) is 4.74 Å². The Morgan fingerprint density at radius 3 is 2.39 bits per heavy atom. The first kappa shape index (κ1) is 12.2. The second-order valence-corrected chi connectivity index (χ2v) is 5.96. The van der Waals surface area contributed by atoms with Crippen molar-refractivity contribution in [2.45, 2.75) is 18.9 Å². The van der Waals surface area contributed by atoms with E-state index in [1.165, 1.54) is 18.4 Å². The third-order valence-electron chi connectivity index (χ3n) is 3.85. The summed E-state index contributed by atoms with van der Waals surface area (Å²) in [5, 5.41) is 0. The van der Waals surface area contributed by atoms with Crippen LogP contribution < -0.4 is 0 Å². The van der Waals surface area contributed by atoms with Gasteiger partial charge in [0.05, 0.1) is 12.7 Å². The highest BCUT2D eigenvalue weighted by Crippen LogP contribution is 2.40. The maximum Gasteiger partial charge on any atom is 0.0704 e. The molecule has 0 amide bonds. The summed E-state index contributed by atoms with van der Waals surface area (Å²) in [4.78, 5) is 0. The van der Waals surface area contributed by atoms with E-state index in [2.05, 4.69) is 64.5 Å². The number of rotatable bonds is 4. The Morgan fingerprint density at radius 2 is 1.78 bits per heavy atom. The van der Waals surface area contributed by atoms with Gasteiger partial charge in [-0.1, -0.05) is 52.4 Å². The average Bonchev–Trinajstić information content (AvgIpc) is 2.96. The normalized spacial score (nSPS) is 29.5. The summed E-state index contributed by atoms with van der Waals surface area (Å²) in [6.45, 7) is 0.718. The molecule has 1 aromatic rings. The van der Waals surface area contributed by atoms with Crippen LogP contribution in [0.15, 0.2) is 47.0 Å². The van der Waals surface area contributed by atoms with E-state index >= 15 is 0 Å². The van der Waals surface area contributed by atoms with Crippen LogP contribution in [0.3, 0.4) is 0 Å². The Hall–Kier alpha value is -0.860. The summed E-state index contributed by atoms with van der Waals surface area (Å²) in [5.74, 6) is 1.35. The van der Waals surface area contributed by atoms with Gasteiger partial charge in [-0.2, -0.15) is 0 Å². The molecule has 0 saturated heterocycles. The summed E-state index contributed by atoms with van der Waals surface area (Å²) in [6, 6.07) is 8.31. The van der Waals surface area contributed by atoms with E-state index in [1.54, 1.807) is 0 Å². The zero-order valence-electron chi connectivity index (χ0n) is 10.3. The van der Waals surface area contributed by atoms with Crippen molar-refractivity contribution >= 4 is 22.0 Å². The molecule has 0 aromatic heterocycles. The molecule has 0 spiro atoms. The summed E-state index contributed by atoms with van der Waals surface area (Å²) in [5.41, 5.74) is 1.22. The molecular weight excluding hydrogens is 288 g/mol. The largest absolute Gasteiger partial charge is 0.373 e. The predicted octanol–water partition coefficient (Wildman–Crippen LogP) is 4.44. The van der Waals surface area contributed by atoms with E-state index in [1.807, 2.05) is 0 Å². The van der Waals surface area contributed by atoms with Crippen LogP contribution in [0, 0.1) is 11.8 Å². The first-order chi connectivity index (χ1) is 8.83. The summed E-state index contributed by atoms with van der Waals surface area (Å²) in [6.07, 6.45) is 12.0. The van der Waals surface area contributed by atoms with Gasteiger partial charge in [0.25, 0.3) is 0 Å². The lowest BCUT2D eigenvalue weighted by molar-refractivity contribution is 0.0479. The SMILES string of the molecule is Brc1ccc(/C=C/COC2C3C=CC2CC3)cc1. The maximum atomic E-state index is 5.98. The van der Waals surface area contributed by atoms with Crippen molar-refractivity contribution in [3.8, 4) is 0 Å². The van der Waals surface area contributed by atoms with Gasteiger partial charge in [0, 0.05) is 16.3 Å². The highest BCUT2D eigenvalue weighted by Gasteiger charge is 2.37. The lowest BCUT2D eigenvalue weighted by Crippen LogP contribution is -2.18. The van der Waals surface area contributed by atoms with Gasteiger partial charge in [0.2, 0.25) is 0 Å². The zero-order valence-corrected chi connectivity index (χ0v) is 11.8. The third-order valence-corrected chi connectivity index (χ3v) is 4.38. The molecule has 3 rings (SSSR count). The monoisotopic (exact) mass is 304 g/mol. The molecule has 0 radical (unpaired) electrons. The fourth-order valence-corrected chi connectivity index (χ4v) is 3.16. The van der Waals surface area contributed by atoms with Crippen LogP contribution in [0.2, 0.25) is 0 Å². The maximum absolute atomic E-state index is 5.98. The quantitative estimate of drug-likeness (QED) is 0.747. The van der Waals surface area contributed by atoms with Gasteiger partial charge in [0.1, 0.15) is 0 Å². The van der Waals surface area contributed by atoms with Crippen LogP contribution in [0.25, 0.3) is 6.08 Å². The van der Waals surface area contributed by atoms with Crippen LogP contribution in [-0.4, -0.2) is 12.7 Å². The Morgan fingerprint density at radius 1 is 1.11 bits per heavy atom. The second-order valence-electron chi connectivity index (χ2n) is 5.04. The molecule has 2 aliphatic rings. The van der Waals surface area contributed by atoms with Gasteiger partial charge in [-0.15, -0.1) is 0 Å². The molecule has 0 aliphatic heterocycles. The standard InChI is InChI=1S/C16H17BrO/c17-15-9-3-12(4-10-15)2-1-11-18-16-13-5-6-14(16)8-7-13/h1-6,9-10,13-14,16H,7-8,11H2/b2-1+. The second kappa shape index (κ2) is 5.41. The fourth-order valence-electron chi connectivity index (χ4n) is 2.90. The summed E-state index contributed by atoms with van der Waals surface area (Å²) >= 11 is 3.44. The van der Waals surface area contributed by atoms with E-state index in [0.717, 1.165) is 11.1 Å². The first-order valence-corrected chi connectivity index (χ1v) is 7.34. The highest BCUT2D eigenvalue weighted by molar-refractivity contribution is 9.10. The number of hydrogen-bond acceptors (Lipinski definition) is 1. The minimum atomic E-state index is 0.444. The van der Waals surface area contributed by atoms with Crippen molar-refractivity contribution < 1.29 is 4.74 Å². The van der Waals surface area contributed by atoms with Crippen molar-refractivity contribution in [3.63, 3.8) is 0 Å². The van der Waals surface area contributed by atoms with Crippen molar-refractivity contribution in [2.24, 2.45) is 11.8 Å². The van der Waals surface area contributed by atoms with E-state index < -0.39 is 0 Å². The van der Waals surface area contributed by atoms with Gasteiger partial charge >= 0.3 is 0 Å². The van der Waals surface area contributed by atoms with Crippen molar-refractivity contribution in [1.82, 2.24) is 0 Å². The molecule has 1 nitrogen and oxygen atoms in total. The third kappa shape index (κ3) is 2.60. The van der Waals surface area contributed by atoms with Crippen molar-refractivity contribution in [1.29, 1.82) is 0 Å². The van der Waals surface area contributed by atoms with Crippen LogP contribution >= 0.6 is 15.9 Å². The summed E-state index contributed by atoms with van der Waals surface area (Å²) < 4.78 is 7.09. The van der Waals surface area contributed by atoms with Crippen LogP contribution in [0.1, 0.15) is 18.4 Å². The Kier molecular flexibility index (Phi) is 3.67. The molecule has 2 bridgehead atoms. The van der Waals surface area contributed by atoms with Gasteiger partial charge in [-0.05, 0) is 30.5 Å². The van der Waals surface area contributed by atoms with Crippen molar-refractivity contribution in [2.75, 3.05) is 6.61 Å². The molecule has 2 heteroatoms. The first-order valence-electron chi connectivity index (χ1n) is 6.55. The highest BCUT2D eigenvalue weighted by atomic mass is 79.9. The number of halogens is 1. The molecule has 18 heavy (non-hydrogen) atoms. The van der Waals surface area contributed by atoms with Crippen LogP contribution in [-0.2, 0) is 4.74 Å². The molecule has 2 aliphatic carbocycles. The Balaban J connectivity index is 1.49. The average molecular weight is 305 g/mol. The topological polar surface area (TPSA) is 9.23 Å². The number of benzene rings is 1. The molecule has 1 aromatic carbocycles. The van der Waals surface area contributed by atoms with Gasteiger partial charge in [0.15, 0.2) is 0 Å². The molecule has 2 unspecified atom stereocenters. The van der Waals surface area contributed by atoms with Crippen LogP contribution in [0.4, 0.5) is 0 Å². The van der Waals surface area contributed by atoms with E-state index in [-0.39, 0.29) is 0 Å². The molecular formula is C16H17BrO. The van der Waals surface area contributed by atoms with E-state index in [0.29, 0.717) is 17.9 Å². The molecule has 2 atom stereocenters. The van der Waals surface area contributed by atoms with Crippen molar-refractivity contribution in [3.05, 3.63) is 52.5 Å². The molecule has 1 fully saturated rings. The van der Waals surface area contributed by atoms with E-state index in [9.17, 15) is 0 Å². The Bertz CT molecular complexity index is 446. The van der Waals surface area contributed by atoms with Gasteiger partial charge < -0.3 is 4.74 Å². The number of ether oxygens (including phenoxy) is 1. The Labute approximate surface area is 117 Å². The lowest BCUT2D eigenvalue weighted by atomic mass is 10.1. The molecule has 1 saturated carbocycles. The summed E-state index contributed by atoms with van der Waals surface area (Å²) in [7, 11) is 0. The fraction of sp³-hybridized carbons (Fsp3) is 0.375. The molecule has 0 heterocycles. The predicted molar refractivity (Wildman–Crippen MR) is 78.3 cm³/mol. The number of fused-ring (bicyclic) bond motifs is 2. The smallest absolute Gasteiger partial charge is 0.0704 e. The van der Waals surface area contributed by atoms with Gasteiger partial charge in [-0.25, -0.2) is 0 Å².